The molecule has 0 saturated carbocycles. The van der Waals surface area contributed by atoms with Crippen molar-refractivity contribution in [2.24, 2.45) is 0 Å². The van der Waals surface area contributed by atoms with Gasteiger partial charge in [0.05, 0.1) is 25.3 Å². The number of carbonyl (C=O) groups excluding carboxylic acids is 2. The Morgan fingerprint density at radius 3 is 2.55 bits per heavy atom. The highest BCUT2D eigenvalue weighted by molar-refractivity contribution is 7.80. The second-order valence-corrected chi connectivity index (χ2v) is 6.05. The van der Waals surface area contributed by atoms with Crippen LogP contribution in [-0.2, 0) is 4.79 Å². The van der Waals surface area contributed by atoms with Crippen molar-refractivity contribution in [2.75, 3.05) is 17.7 Å². The molecule has 1 aromatic carbocycles. The first-order valence-corrected chi connectivity index (χ1v) is 8.82. The molecule has 0 saturated heterocycles. The SMILES string of the molecule is COc1cc(NC(=S)NC(=O)/C=C/c2ccco2)ccc1NC(=O)c1ccco1. The van der Waals surface area contributed by atoms with Crippen molar-refractivity contribution < 1.29 is 23.2 Å². The summed E-state index contributed by atoms with van der Waals surface area (Å²) in [4.78, 5) is 24.0. The third kappa shape index (κ3) is 5.56. The Labute approximate surface area is 171 Å². The molecule has 2 heterocycles. The summed E-state index contributed by atoms with van der Waals surface area (Å²) >= 11 is 5.14. The van der Waals surface area contributed by atoms with Crippen LogP contribution >= 0.6 is 12.2 Å². The Bertz CT molecular complexity index is 1030. The fourth-order valence-corrected chi connectivity index (χ4v) is 2.54. The lowest BCUT2D eigenvalue weighted by molar-refractivity contribution is -0.115. The number of methoxy groups -OCH3 is 1. The maximum absolute atomic E-state index is 12.1. The average Bonchev–Trinajstić information content (AvgIpc) is 3.41. The van der Waals surface area contributed by atoms with Crippen LogP contribution in [0.1, 0.15) is 16.3 Å². The minimum absolute atomic E-state index is 0.105. The van der Waals surface area contributed by atoms with E-state index in [1.54, 1.807) is 42.5 Å². The number of thiocarbonyl (C=S) groups is 1. The molecule has 0 unspecified atom stereocenters. The van der Waals surface area contributed by atoms with Crippen LogP contribution in [-0.4, -0.2) is 24.0 Å². The summed E-state index contributed by atoms with van der Waals surface area (Å²) in [5.74, 6) is 0.326. The van der Waals surface area contributed by atoms with E-state index in [2.05, 4.69) is 16.0 Å². The Balaban J connectivity index is 1.59. The predicted octanol–water partition coefficient (Wildman–Crippen LogP) is 3.66. The largest absolute Gasteiger partial charge is 0.494 e. The van der Waals surface area contributed by atoms with E-state index in [-0.39, 0.29) is 10.9 Å². The number of anilines is 2. The van der Waals surface area contributed by atoms with Crippen LogP contribution in [0.3, 0.4) is 0 Å². The van der Waals surface area contributed by atoms with E-state index in [0.717, 1.165) is 0 Å². The zero-order valence-corrected chi connectivity index (χ0v) is 16.1. The van der Waals surface area contributed by atoms with Gasteiger partial charge in [0, 0.05) is 17.8 Å². The zero-order chi connectivity index (χ0) is 20.6. The molecular formula is C20H17N3O5S. The van der Waals surface area contributed by atoms with E-state index in [9.17, 15) is 9.59 Å². The number of amides is 2. The first-order valence-electron chi connectivity index (χ1n) is 8.41. The molecule has 3 aromatic rings. The molecule has 3 rings (SSSR count). The van der Waals surface area contributed by atoms with E-state index in [0.29, 0.717) is 22.9 Å². The third-order valence-corrected chi connectivity index (χ3v) is 3.84. The molecule has 2 amide bonds. The lowest BCUT2D eigenvalue weighted by Crippen LogP contribution is -2.32. The van der Waals surface area contributed by atoms with Crippen molar-refractivity contribution in [2.45, 2.75) is 0 Å². The number of hydrogen-bond donors (Lipinski definition) is 3. The molecule has 3 N–H and O–H groups in total. The van der Waals surface area contributed by atoms with E-state index in [4.69, 9.17) is 25.8 Å². The number of benzene rings is 1. The van der Waals surface area contributed by atoms with Crippen LogP contribution in [0.4, 0.5) is 11.4 Å². The Morgan fingerprint density at radius 2 is 1.86 bits per heavy atom. The highest BCUT2D eigenvalue weighted by atomic mass is 32.1. The molecule has 0 atom stereocenters. The molecule has 0 bridgehead atoms. The van der Waals surface area contributed by atoms with Crippen molar-refractivity contribution in [3.05, 3.63) is 72.6 Å². The van der Waals surface area contributed by atoms with Crippen molar-refractivity contribution in [3.63, 3.8) is 0 Å². The summed E-state index contributed by atoms with van der Waals surface area (Å²) in [6.45, 7) is 0. The van der Waals surface area contributed by atoms with Crippen LogP contribution in [0, 0.1) is 0 Å². The molecule has 0 aliphatic heterocycles. The molecule has 2 aromatic heterocycles. The van der Waals surface area contributed by atoms with E-state index in [1.165, 1.54) is 31.8 Å². The Kier molecular flexibility index (Phi) is 6.43. The van der Waals surface area contributed by atoms with Crippen LogP contribution in [0.2, 0.25) is 0 Å². The first-order chi connectivity index (χ1) is 14.0. The van der Waals surface area contributed by atoms with Crippen LogP contribution in [0.25, 0.3) is 6.08 Å². The molecule has 29 heavy (non-hydrogen) atoms. The monoisotopic (exact) mass is 411 g/mol. The summed E-state index contributed by atoms with van der Waals surface area (Å²) in [6, 6.07) is 11.6. The molecular weight excluding hydrogens is 394 g/mol. The number of furan rings is 2. The number of carbonyl (C=O) groups is 2. The summed E-state index contributed by atoms with van der Waals surface area (Å²) in [5, 5.41) is 8.21. The van der Waals surface area contributed by atoms with Gasteiger partial charge >= 0.3 is 0 Å². The minimum Gasteiger partial charge on any atom is -0.494 e. The number of nitrogens with one attached hydrogen (secondary N) is 3. The van der Waals surface area contributed by atoms with Gasteiger partial charge in [0.2, 0.25) is 5.91 Å². The maximum atomic E-state index is 12.1. The van der Waals surface area contributed by atoms with Gasteiger partial charge < -0.3 is 24.2 Å². The standard InChI is InChI=1S/C20H17N3O5S/c1-26-17-12-13(6-8-15(17)22-19(25)16-5-3-11-28-16)21-20(29)23-18(24)9-7-14-4-2-10-27-14/h2-12H,1H3,(H,22,25)(H2,21,23,24,29)/b9-7+. The molecule has 0 radical (unpaired) electrons. The molecule has 8 nitrogen and oxygen atoms in total. The van der Waals surface area contributed by atoms with Gasteiger partial charge in [0.25, 0.3) is 5.91 Å². The Hall–Kier alpha value is -3.85. The van der Waals surface area contributed by atoms with Gasteiger partial charge in [-0.3, -0.25) is 14.9 Å². The molecule has 0 aliphatic carbocycles. The highest BCUT2D eigenvalue weighted by Crippen LogP contribution is 2.28. The number of ether oxygens (including phenoxy) is 1. The van der Waals surface area contributed by atoms with Gasteiger partial charge in [-0.05, 0) is 54.7 Å². The van der Waals surface area contributed by atoms with Gasteiger partial charge in [0.15, 0.2) is 10.9 Å². The van der Waals surface area contributed by atoms with E-state index >= 15 is 0 Å². The van der Waals surface area contributed by atoms with E-state index in [1.807, 2.05) is 0 Å². The molecule has 0 aliphatic rings. The lowest BCUT2D eigenvalue weighted by Gasteiger charge is -2.13. The van der Waals surface area contributed by atoms with Gasteiger partial charge in [-0.2, -0.15) is 0 Å². The molecule has 9 heteroatoms. The summed E-state index contributed by atoms with van der Waals surface area (Å²) in [6.07, 6.45) is 5.76. The molecule has 0 fully saturated rings. The zero-order valence-electron chi connectivity index (χ0n) is 15.3. The molecule has 0 spiro atoms. The average molecular weight is 411 g/mol. The van der Waals surface area contributed by atoms with Crippen molar-refractivity contribution in [1.82, 2.24) is 5.32 Å². The van der Waals surface area contributed by atoms with Gasteiger partial charge in [0.1, 0.15) is 11.5 Å². The quantitative estimate of drug-likeness (QED) is 0.420. The summed E-state index contributed by atoms with van der Waals surface area (Å²) in [7, 11) is 1.47. The lowest BCUT2D eigenvalue weighted by atomic mass is 10.2. The normalized spacial score (nSPS) is 10.5. The number of rotatable bonds is 6. The minimum atomic E-state index is -0.409. The second kappa shape index (κ2) is 9.38. The highest BCUT2D eigenvalue weighted by Gasteiger charge is 2.13. The topological polar surface area (TPSA) is 106 Å². The Morgan fingerprint density at radius 1 is 1.07 bits per heavy atom. The van der Waals surface area contributed by atoms with Gasteiger partial charge in [-0.1, -0.05) is 0 Å². The van der Waals surface area contributed by atoms with Gasteiger partial charge in [-0.25, -0.2) is 0 Å². The van der Waals surface area contributed by atoms with Crippen LogP contribution in [0.5, 0.6) is 5.75 Å². The second-order valence-electron chi connectivity index (χ2n) is 5.64. The fourth-order valence-electron chi connectivity index (χ4n) is 2.32. The van der Waals surface area contributed by atoms with Gasteiger partial charge in [-0.15, -0.1) is 0 Å². The summed E-state index contributed by atoms with van der Waals surface area (Å²) < 4.78 is 15.5. The van der Waals surface area contributed by atoms with Crippen molar-refractivity contribution in [3.8, 4) is 5.75 Å². The predicted molar refractivity (Wildman–Crippen MR) is 112 cm³/mol. The fraction of sp³-hybridized carbons (Fsp3) is 0.0500. The van der Waals surface area contributed by atoms with Crippen molar-refractivity contribution >= 4 is 46.6 Å². The van der Waals surface area contributed by atoms with Crippen LogP contribution < -0.4 is 20.7 Å². The smallest absolute Gasteiger partial charge is 0.291 e. The third-order valence-electron chi connectivity index (χ3n) is 3.63. The number of hydrogen-bond acceptors (Lipinski definition) is 6. The summed E-state index contributed by atoms with van der Waals surface area (Å²) in [5.41, 5.74) is 1.02. The van der Waals surface area contributed by atoms with Crippen molar-refractivity contribution in [1.29, 1.82) is 0 Å². The maximum Gasteiger partial charge on any atom is 0.291 e. The first kappa shape index (κ1) is 19.9. The molecule has 148 valence electrons. The van der Waals surface area contributed by atoms with Crippen LogP contribution in [0.15, 0.2) is 69.9 Å². The van der Waals surface area contributed by atoms with E-state index < -0.39 is 11.8 Å².